The van der Waals surface area contributed by atoms with E-state index in [0.717, 1.165) is 23.0 Å². The van der Waals surface area contributed by atoms with E-state index < -0.39 is 0 Å². The minimum Gasteiger partial charge on any atom is -0.310 e. The minimum absolute atomic E-state index is 0.556. The van der Waals surface area contributed by atoms with E-state index in [4.69, 9.17) is 11.6 Å². The summed E-state index contributed by atoms with van der Waals surface area (Å²) in [6.07, 6.45) is 1.21. The van der Waals surface area contributed by atoms with Crippen LogP contribution >= 0.6 is 11.6 Å². The Balaban J connectivity index is 2.45. The van der Waals surface area contributed by atoms with Crippen molar-refractivity contribution in [2.75, 3.05) is 0 Å². The summed E-state index contributed by atoms with van der Waals surface area (Å²) < 4.78 is 0. The molecule has 0 amide bonds. The fraction of sp³-hybridized carbons (Fsp3) is 0.571. The van der Waals surface area contributed by atoms with Gasteiger partial charge in [-0.05, 0) is 43.4 Å². The Morgan fingerprint density at radius 1 is 1.25 bits per heavy atom. The molecule has 0 aliphatic heterocycles. The first-order chi connectivity index (χ1) is 7.49. The molecule has 0 spiro atoms. The third-order valence-corrected chi connectivity index (χ3v) is 3.12. The predicted molar refractivity (Wildman–Crippen MR) is 71.9 cm³/mol. The number of benzene rings is 1. The highest BCUT2D eigenvalue weighted by molar-refractivity contribution is 6.31. The van der Waals surface area contributed by atoms with Crippen molar-refractivity contribution in [1.29, 1.82) is 0 Å². The molecule has 2 heteroatoms. The molecule has 1 aromatic carbocycles. The smallest absolute Gasteiger partial charge is 0.0438 e. The van der Waals surface area contributed by atoms with Gasteiger partial charge in [-0.3, -0.25) is 0 Å². The predicted octanol–water partition coefficient (Wildman–Crippen LogP) is 4.17. The van der Waals surface area contributed by atoms with E-state index in [1.165, 1.54) is 12.0 Å². The SMILES string of the molecule is Cc1ccc(CNC(C)CC(C)C)cc1Cl. The molecule has 0 saturated carbocycles. The average Bonchev–Trinajstić information content (AvgIpc) is 2.19. The molecule has 0 aromatic heterocycles. The van der Waals surface area contributed by atoms with Crippen molar-refractivity contribution < 1.29 is 0 Å². The summed E-state index contributed by atoms with van der Waals surface area (Å²) >= 11 is 6.09. The van der Waals surface area contributed by atoms with Crippen molar-refractivity contribution in [3.63, 3.8) is 0 Å². The third kappa shape index (κ3) is 4.54. The van der Waals surface area contributed by atoms with Gasteiger partial charge in [-0.15, -0.1) is 0 Å². The number of halogens is 1. The maximum absolute atomic E-state index is 6.09. The van der Waals surface area contributed by atoms with Gasteiger partial charge in [-0.1, -0.05) is 37.6 Å². The molecule has 1 N–H and O–H groups in total. The summed E-state index contributed by atoms with van der Waals surface area (Å²) in [7, 11) is 0. The summed E-state index contributed by atoms with van der Waals surface area (Å²) in [5.74, 6) is 0.740. The highest BCUT2D eigenvalue weighted by atomic mass is 35.5. The summed E-state index contributed by atoms with van der Waals surface area (Å²) in [6, 6.07) is 6.81. The van der Waals surface area contributed by atoms with Crippen LogP contribution in [0.1, 0.15) is 38.3 Å². The van der Waals surface area contributed by atoms with Crippen molar-refractivity contribution >= 4 is 11.6 Å². The lowest BCUT2D eigenvalue weighted by Gasteiger charge is -2.16. The molecule has 0 aliphatic rings. The summed E-state index contributed by atoms with van der Waals surface area (Å²) in [5.41, 5.74) is 2.40. The van der Waals surface area contributed by atoms with Crippen molar-refractivity contribution in [2.45, 2.75) is 46.7 Å². The molecule has 1 nitrogen and oxygen atoms in total. The lowest BCUT2D eigenvalue weighted by atomic mass is 10.0. The molecule has 1 unspecified atom stereocenters. The van der Waals surface area contributed by atoms with Gasteiger partial charge in [-0.2, -0.15) is 0 Å². The summed E-state index contributed by atoms with van der Waals surface area (Å²) in [4.78, 5) is 0. The second-order valence-electron chi connectivity index (χ2n) is 5.00. The zero-order chi connectivity index (χ0) is 12.1. The number of hydrogen-bond donors (Lipinski definition) is 1. The van der Waals surface area contributed by atoms with Gasteiger partial charge in [0.1, 0.15) is 0 Å². The topological polar surface area (TPSA) is 12.0 Å². The maximum Gasteiger partial charge on any atom is 0.0438 e. The first kappa shape index (κ1) is 13.5. The Hall–Kier alpha value is -0.530. The van der Waals surface area contributed by atoms with Crippen LogP contribution in [0.15, 0.2) is 18.2 Å². The van der Waals surface area contributed by atoms with Crippen LogP contribution < -0.4 is 5.32 Å². The van der Waals surface area contributed by atoms with E-state index in [1.807, 2.05) is 13.0 Å². The average molecular weight is 240 g/mol. The highest BCUT2D eigenvalue weighted by Gasteiger charge is 2.04. The van der Waals surface area contributed by atoms with Crippen LogP contribution in [0.3, 0.4) is 0 Å². The minimum atomic E-state index is 0.556. The van der Waals surface area contributed by atoms with Crippen LogP contribution in [-0.4, -0.2) is 6.04 Å². The Morgan fingerprint density at radius 3 is 2.50 bits per heavy atom. The van der Waals surface area contributed by atoms with Crippen LogP contribution in [0.2, 0.25) is 5.02 Å². The van der Waals surface area contributed by atoms with Gasteiger partial charge >= 0.3 is 0 Å². The second-order valence-corrected chi connectivity index (χ2v) is 5.40. The Kier molecular flexibility index (Phi) is 5.30. The quantitative estimate of drug-likeness (QED) is 0.813. The van der Waals surface area contributed by atoms with Gasteiger partial charge in [0, 0.05) is 17.6 Å². The molecule has 1 rings (SSSR count). The first-order valence-electron chi connectivity index (χ1n) is 5.97. The first-order valence-corrected chi connectivity index (χ1v) is 6.35. The Morgan fingerprint density at radius 2 is 1.94 bits per heavy atom. The normalized spacial score (nSPS) is 13.1. The highest BCUT2D eigenvalue weighted by Crippen LogP contribution is 2.16. The molecule has 0 fully saturated rings. The van der Waals surface area contributed by atoms with Crippen LogP contribution in [0, 0.1) is 12.8 Å². The molecule has 0 radical (unpaired) electrons. The fourth-order valence-electron chi connectivity index (χ4n) is 1.83. The zero-order valence-electron chi connectivity index (χ0n) is 10.7. The number of nitrogens with one attached hydrogen (secondary N) is 1. The number of hydrogen-bond acceptors (Lipinski definition) is 1. The molecule has 1 atom stereocenters. The molecular weight excluding hydrogens is 218 g/mol. The monoisotopic (exact) mass is 239 g/mol. The Labute approximate surface area is 104 Å². The number of rotatable bonds is 5. The molecule has 90 valence electrons. The van der Waals surface area contributed by atoms with Crippen molar-refractivity contribution in [1.82, 2.24) is 5.32 Å². The number of aryl methyl sites for hydroxylation is 1. The van der Waals surface area contributed by atoms with E-state index >= 15 is 0 Å². The largest absolute Gasteiger partial charge is 0.310 e. The molecule has 16 heavy (non-hydrogen) atoms. The van der Waals surface area contributed by atoms with E-state index in [-0.39, 0.29) is 0 Å². The third-order valence-electron chi connectivity index (χ3n) is 2.72. The summed E-state index contributed by atoms with van der Waals surface area (Å²) in [5, 5.41) is 4.38. The van der Waals surface area contributed by atoms with E-state index in [9.17, 15) is 0 Å². The van der Waals surface area contributed by atoms with Gasteiger partial charge in [0.15, 0.2) is 0 Å². The van der Waals surface area contributed by atoms with Gasteiger partial charge in [0.05, 0.1) is 0 Å². The maximum atomic E-state index is 6.09. The van der Waals surface area contributed by atoms with E-state index in [1.54, 1.807) is 0 Å². The lowest BCUT2D eigenvalue weighted by Crippen LogP contribution is -2.26. The van der Waals surface area contributed by atoms with Crippen LogP contribution in [-0.2, 0) is 6.54 Å². The fourth-order valence-corrected chi connectivity index (χ4v) is 2.03. The molecule has 0 heterocycles. The lowest BCUT2D eigenvalue weighted by molar-refractivity contribution is 0.441. The molecular formula is C14H22ClN. The van der Waals surface area contributed by atoms with Crippen molar-refractivity contribution in [3.05, 3.63) is 34.3 Å². The van der Waals surface area contributed by atoms with Crippen molar-refractivity contribution in [2.24, 2.45) is 5.92 Å². The Bertz CT molecular complexity index is 334. The molecule has 0 saturated heterocycles. The molecule has 1 aromatic rings. The van der Waals surface area contributed by atoms with Crippen LogP contribution in [0.4, 0.5) is 0 Å². The van der Waals surface area contributed by atoms with Crippen LogP contribution in [0.25, 0.3) is 0 Å². The van der Waals surface area contributed by atoms with Crippen molar-refractivity contribution in [3.8, 4) is 0 Å². The molecule has 0 aliphatic carbocycles. The van der Waals surface area contributed by atoms with Gasteiger partial charge in [0.2, 0.25) is 0 Å². The van der Waals surface area contributed by atoms with Gasteiger partial charge < -0.3 is 5.32 Å². The second kappa shape index (κ2) is 6.27. The molecule has 0 bridgehead atoms. The summed E-state index contributed by atoms with van der Waals surface area (Å²) in [6.45, 7) is 9.66. The van der Waals surface area contributed by atoms with Gasteiger partial charge in [0.25, 0.3) is 0 Å². The zero-order valence-corrected chi connectivity index (χ0v) is 11.4. The van der Waals surface area contributed by atoms with E-state index in [2.05, 4.69) is 38.2 Å². The van der Waals surface area contributed by atoms with Crippen LogP contribution in [0.5, 0.6) is 0 Å². The standard InChI is InChI=1S/C14H22ClN/c1-10(2)7-12(4)16-9-13-6-5-11(3)14(15)8-13/h5-6,8,10,12,16H,7,9H2,1-4H3. The van der Waals surface area contributed by atoms with E-state index in [0.29, 0.717) is 6.04 Å². The van der Waals surface area contributed by atoms with Gasteiger partial charge in [-0.25, -0.2) is 0 Å².